The van der Waals surface area contributed by atoms with Gasteiger partial charge in [0.15, 0.2) is 11.5 Å². The van der Waals surface area contributed by atoms with Gasteiger partial charge in [-0.05, 0) is 87.4 Å². The lowest BCUT2D eigenvalue weighted by molar-refractivity contribution is 0.0996. The average molecular weight is 597 g/mol. The summed E-state index contributed by atoms with van der Waals surface area (Å²) >= 11 is 0. The number of likely N-dealkylation sites (tertiary alicyclic amines) is 1. The molecule has 10 nitrogen and oxygen atoms in total. The number of nitrogens with two attached hydrogens (primary N) is 1. The first-order valence-electron chi connectivity index (χ1n) is 16.1. The first kappa shape index (κ1) is 29.9. The number of rotatable bonds is 8. The summed E-state index contributed by atoms with van der Waals surface area (Å²) < 4.78 is 0. The van der Waals surface area contributed by atoms with Crippen molar-refractivity contribution in [2.24, 2.45) is 5.73 Å². The number of aromatic nitrogens is 2. The van der Waals surface area contributed by atoms with Gasteiger partial charge < -0.3 is 26.2 Å². The van der Waals surface area contributed by atoms with E-state index in [-0.39, 0.29) is 17.8 Å². The monoisotopic (exact) mass is 596 g/mol. The van der Waals surface area contributed by atoms with Crippen molar-refractivity contribution >= 4 is 34.9 Å². The molecule has 1 saturated carbocycles. The predicted molar refractivity (Wildman–Crippen MR) is 175 cm³/mol. The molecule has 2 aliphatic heterocycles. The Hall–Kier alpha value is -4.18. The molecule has 0 radical (unpaired) electrons. The van der Waals surface area contributed by atoms with Crippen LogP contribution in [0.3, 0.4) is 0 Å². The van der Waals surface area contributed by atoms with E-state index >= 15 is 0 Å². The Morgan fingerprint density at radius 2 is 1.64 bits per heavy atom. The highest BCUT2D eigenvalue weighted by atomic mass is 16.2. The molecular weight excluding hydrogens is 552 g/mol. The van der Waals surface area contributed by atoms with Crippen molar-refractivity contribution in [2.75, 3.05) is 48.3 Å². The smallest absolute Gasteiger partial charge is 0.321 e. The number of carbonyl (C=O) groups is 2. The Balaban J connectivity index is 1.09. The van der Waals surface area contributed by atoms with Gasteiger partial charge in [0.25, 0.3) is 5.91 Å². The molecule has 4 N–H and O–H groups in total. The van der Waals surface area contributed by atoms with E-state index < -0.39 is 5.91 Å². The van der Waals surface area contributed by atoms with Crippen LogP contribution in [-0.4, -0.2) is 72.1 Å². The molecular formula is C34H44N8O2. The van der Waals surface area contributed by atoms with Gasteiger partial charge in [0.2, 0.25) is 0 Å². The highest BCUT2D eigenvalue weighted by molar-refractivity contribution is 5.96. The van der Waals surface area contributed by atoms with E-state index in [2.05, 4.69) is 37.6 Å². The van der Waals surface area contributed by atoms with Crippen LogP contribution < -0.4 is 26.2 Å². The van der Waals surface area contributed by atoms with Gasteiger partial charge in [-0.25, -0.2) is 14.8 Å². The van der Waals surface area contributed by atoms with Crippen molar-refractivity contribution < 1.29 is 9.59 Å². The van der Waals surface area contributed by atoms with Crippen LogP contribution >= 0.6 is 0 Å². The number of hydrogen-bond acceptors (Lipinski definition) is 7. The second-order valence-electron chi connectivity index (χ2n) is 12.4. The van der Waals surface area contributed by atoms with Gasteiger partial charge in [0.1, 0.15) is 5.82 Å². The number of para-hydroxylation sites is 1. The van der Waals surface area contributed by atoms with E-state index in [1.807, 2.05) is 42.5 Å². The highest BCUT2D eigenvalue weighted by Crippen LogP contribution is 2.33. The minimum atomic E-state index is -0.634. The SMILES string of the molecule is CN(C(=O)N[C@@H]1CCCN(c2cnc(C(N)=O)c(Nc3ccc(C4CCN(C5CCCC5)CC4)cc3)n2)C1)c1ccccc1. The van der Waals surface area contributed by atoms with E-state index in [0.717, 1.165) is 36.8 Å². The molecule has 232 valence electrons. The van der Waals surface area contributed by atoms with Crippen molar-refractivity contribution in [3.63, 3.8) is 0 Å². The molecule has 3 fully saturated rings. The quantitative estimate of drug-likeness (QED) is 0.325. The van der Waals surface area contributed by atoms with Crippen LogP contribution in [0.15, 0.2) is 60.8 Å². The lowest BCUT2D eigenvalue weighted by atomic mass is 9.88. The summed E-state index contributed by atoms with van der Waals surface area (Å²) in [5, 5.41) is 6.45. The van der Waals surface area contributed by atoms with Crippen LogP contribution in [-0.2, 0) is 0 Å². The molecule has 3 aromatic rings. The van der Waals surface area contributed by atoms with E-state index in [1.54, 1.807) is 18.1 Å². The number of urea groups is 1. The third-order valence-electron chi connectivity index (χ3n) is 9.53. The van der Waals surface area contributed by atoms with Gasteiger partial charge >= 0.3 is 6.03 Å². The zero-order chi connectivity index (χ0) is 30.5. The molecule has 10 heteroatoms. The summed E-state index contributed by atoms with van der Waals surface area (Å²) in [6.07, 6.45) is 11.2. The molecule has 0 spiro atoms. The number of amides is 3. The fourth-order valence-electron chi connectivity index (χ4n) is 6.99. The molecule has 2 saturated heterocycles. The summed E-state index contributed by atoms with van der Waals surface area (Å²) in [4.78, 5) is 40.8. The van der Waals surface area contributed by atoms with Gasteiger partial charge in [0, 0.05) is 43.6 Å². The van der Waals surface area contributed by atoms with Crippen LogP contribution in [0.4, 0.5) is 27.8 Å². The zero-order valence-electron chi connectivity index (χ0n) is 25.6. The van der Waals surface area contributed by atoms with Crippen molar-refractivity contribution in [2.45, 2.75) is 69.4 Å². The van der Waals surface area contributed by atoms with Gasteiger partial charge in [0.05, 0.1) is 6.20 Å². The zero-order valence-corrected chi connectivity index (χ0v) is 25.6. The Kier molecular flexibility index (Phi) is 9.26. The lowest BCUT2D eigenvalue weighted by Gasteiger charge is -2.36. The summed E-state index contributed by atoms with van der Waals surface area (Å²) in [6, 6.07) is 18.6. The maximum atomic E-state index is 12.9. The normalized spacial score (nSPS) is 19.9. The fourth-order valence-corrected chi connectivity index (χ4v) is 6.99. The highest BCUT2D eigenvalue weighted by Gasteiger charge is 2.28. The van der Waals surface area contributed by atoms with Crippen LogP contribution in [0.2, 0.25) is 0 Å². The Morgan fingerprint density at radius 3 is 2.34 bits per heavy atom. The standard InChI is InChI=1S/C34H44N8O2/c1-40(28-9-3-2-4-10-28)34(44)38-27-8-7-19-42(23-27)30-22-36-31(32(35)43)33(39-30)37-26-15-13-24(14-16-26)25-17-20-41(21-18-25)29-11-5-6-12-29/h2-4,9-10,13-16,22,25,27,29H,5-8,11-12,17-21,23H2,1H3,(H2,35,43)(H,37,39)(H,38,44)/t27-/m1/s1. The number of piperidine rings is 2. The molecule has 1 atom stereocenters. The third kappa shape index (κ3) is 6.96. The topological polar surface area (TPSA) is 120 Å². The van der Waals surface area contributed by atoms with Gasteiger partial charge in [-0.3, -0.25) is 9.69 Å². The average Bonchev–Trinajstić information content (AvgIpc) is 3.61. The van der Waals surface area contributed by atoms with Crippen LogP contribution in [0.5, 0.6) is 0 Å². The molecule has 0 unspecified atom stereocenters. The van der Waals surface area contributed by atoms with Gasteiger partial charge in [-0.15, -0.1) is 0 Å². The Labute approximate surface area is 260 Å². The lowest BCUT2D eigenvalue weighted by Crippen LogP contribution is -2.51. The summed E-state index contributed by atoms with van der Waals surface area (Å²) in [5.41, 5.74) is 8.80. The van der Waals surface area contributed by atoms with E-state index in [4.69, 9.17) is 10.7 Å². The number of carbonyl (C=O) groups excluding carboxylic acids is 2. The summed E-state index contributed by atoms with van der Waals surface area (Å²) in [5.74, 6) is 0.914. The van der Waals surface area contributed by atoms with Gasteiger partial charge in [-0.1, -0.05) is 43.2 Å². The first-order valence-corrected chi connectivity index (χ1v) is 16.1. The minimum absolute atomic E-state index is 0.0472. The number of nitrogens with zero attached hydrogens (tertiary/aromatic N) is 5. The Bertz CT molecular complexity index is 1420. The van der Waals surface area contributed by atoms with Crippen molar-refractivity contribution in [3.8, 4) is 0 Å². The molecule has 44 heavy (non-hydrogen) atoms. The molecule has 1 aromatic heterocycles. The number of benzene rings is 2. The second kappa shape index (κ2) is 13.6. The van der Waals surface area contributed by atoms with Crippen LogP contribution in [0.25, 0.3) is 0 Å². The molecule has 3 heterocycles. The molecule has 2 aromatic carbocycles. The van der Waals surface area contributed by atoms with E-state index in [0.29, 0.717) is 24.1 Å². The molecule has 1 aliphatic carbocycles. The maximum absolute atomic E-state index is 12.9. The Morgan fingerprint density at radius 1 is 0.909 bits per heavy atom. The predicted octanol–water partition coefficient (Wildman–Crippen LogP) is 5.26. The van der Waals surface area contributed by atoms with Crippen molar-refractivity contribution in [1.82, 2.24) is 20.2 Å². The van der Waals surface area contributed by atoms with E-state index in [1.165, 1.54) is 57.2 Å². The summed E-state index contributed by atoms with van der Waals surface area (Å²) in [6.45, 7) is 3.74. The fraction of sp³-hybridized carbons (Fsp3) is 0.471. The molecule has 3 amide bonds. The first-order chi connectivity index (χ1) is 21.4. The summed E-state index contributed by atoms with van der Waals surface area (Å²) in [7, 11) is 1.77. The van der Waals surface area contributed by atoms with Crippen LogP contribution in [0, 0.1) is 0 Å². The number of nitrogens with one attached hydrogen (secondary N) is 2. The van der Waals surface area contributed by atoms with E-state index in [9.17, 15) is 9.59 Å². The number of primary amides is 1. The molecule has 6 rings (SSSR count). The molecule has 3 aliphatic rings. The number of anilines is 4. The molecule has 0 bridgehead atoms. The third-order valence-corrected chi connectivity index (χ3v) is 9.53. The minimum Gasteiger partial charge on any atom is -0.364 e. The van der Waals surface area contributed by atoms with Crippen molar-refractivity contribution in [3.05, 3.63) is 72.1 Å². The maximum Gasteiger partial charge on any atom is 0.321 e. The number of hydrogen-bond donors (Lipinski definition) is 3. The van der Waals surface area contributed by atoms with Crippen LogP contribution in [0.1, 0.15) is 73.3 Å². The largest absolute Gasteiger partial charge is 0.364 e. The second-order valence-corrected chi connectivity index (χ2v) is 12.4. The van der Waals surface area contributed by atoms with Gasteiger partial charge in [-0.2, -0.15) is 0 Å². The van der Waals surface area contributed by atoms with Crippen molar-refractivity contribution in [1.29, 1.82) is 0 Å².